The predicted molar refractivity (Wildman–Crippen MR) is 94.6 cm³/mol. The Kier molecular flexibility index (Phi) is 3.84. The molecule has 26 heavy (non-hydrogen) atoms. The average molecular weight is 371 g/mol. The second-order valence-corrected chi connectivity index (χ2v) is 6.42. The minimum absolute atomic E-state index is 0.160. The molecule has 4 rings (SSSR count). The molecule has 0 aliphatic carbocycles. The Balaban J connectivity index is 1.74. The van der Waals surface area contributed by atoms with E-state index in [1.165, 1.54) is 11.9 Å². The molecule has 1 aliphatic rings. The Hall–Kier alpha value is -3.00. The first-order valence-corrected chi connectivity index (χ1v) is 8.32. The Bertz CT molecular complexity index is 1060. The van der Waals surface area contributed by atoms with Crippen molar-refractivity contribution in [2.45, 2.75) is 27.0 Å². The molecule has 3 aromatic rings. The first-order valence-electron chi connectivity index (χ1n) is 7.94. The summed E-state index contributed by atoms with van der Waals surface area (Å²) in [7, 11) is 0. The molecule has 0 spiro atoms. The van der Waals surface area contributed by atoms with Crippen molar-refractivity contribution in [2.75, 3.05) is 0 Å². The lowest BCUT2D eigenvalue weighted by atomic mass is 10.2. The number of carbonyl (C=O) groups excluding carboxylic acids is 1. The number of ether oxygens (including phenoxy) is 1. The minimum atomic E-state index is -0.719. The lowest BCUT2D eigenvalue weighted by Crippen LogP contribution is -2.25. The number of hydrogen-bond acceptors (Lipinski definition) is 6. The van der Waals surface area contributed by atoms with E-state index in [-0.39, 0.29) is 17.6 Å². The summed E-state index contributed by atoms with van der Waals surface area (Å²) in [5, 5.41) is 10.5. The quantitative estimate of drug-likeness (QED) is 0.692. The van der Waals surface area contributed by atoms with E-state index in [9.17, 15) is 4.79 Å². The first kappa shape index (κ1) is 16.5. The minimum Gasteiger partial charge on any atom is -0.443 e. The Morgan fingerprint density at radius 2 is 2.04 bits per heavy atom. The SMILES string of the molecule is CC(=O)N1N=C(c2nc3nc(C)cc(C)n3n2)O[C@H]1c1cccc(Cl)c1. The predicted octanol–water partition coefficient (Wildman–Crippen LogP) is 2.63. The van der Waals surface area contributed by atoms with Crippen molar-refractivity contribution in [3.63, 3.8) is 0 Å². The van der Waals surface area contributed by atoms with Gasteiger partial charge in [0.25, 0.3) is 11.7 Å². The molecule has 1 aromatic carbocycles. The van der Waals surface area contributed by atoms with Gasteiger partial charge in [-0.15, -0.1) is 10.2 Å². The molecule has 8 nitrogen and oxygen atoms in total. The number of aryl methyl sites for hydroxylation is 2. The van der Waals surface area contributed by atoms with Gasteiger partial charge in [-0.1, -0.05) is 23.7 Å². The van der Waals surface area contributed by atoms with E-state index < -0.39 is 6.23 Å². The van der Waals surface area contributed by atoms with Crippen LogP contribution < -0.4 is 0 Å². The number of benzene rings is 1. The maximum absolute atomic E-state index is 12.0. The Labute approximate surface area is 154 Å². The summed E-state index contributed by atoms with van der Waals surface area (Å²) in [5.41, 5.74) is 2.44. The highest BCUT2D eigenvalue weighted by Gasteiger charge is 2.35. The van der Waals surface area contributed by atoms with E-state index in [1.54, 1.807) is 22.7 Å². The smallest absolute Gasteiger partial charge is 0.281 e. The van der Waals surface area contributed by atoms with Crippen LogP contribution in [-0.4, -0.2) is 36.4 Å². The van der Waals surface area contributed by atoms with E-state index >= 15 is 0 Å². The number of rotatable bonds is 2. The third-order valence-electron chi connectivity index (χ3n) is 3.91. The van der Waals surface area contributed by atoms with E-state index in [1.807, 2.05) is 26.0 Å². The summed E-state index contributed by atoms with van der Waals surface area (Å²) in [4.78, 5) is 20.7. The van der Waals surface area contributed by atoms with Crippen molar-refractivity contribution < 1.29 is 9.53 Å². The number of fused-ring (bicyclic) bond motifs is 1. The van der Waals surface area contributed by atoms with Gasteiger partial charge in [0.1, 0.15) is 0 Å². The van der Waals surface area contributed by atoms with Crippen LogP contribution in [0, 0.1) is 13.8 Å². The van der Waals surface area contributed by atoms with Crippen LogP contribution in [0.4, 0.5) is 0 Å². The second-order valence-electron chi connectivity index (χ2n) is 5.98. The standard InChI is InChI=1S/C17H15ClN6O2/c1-9-7-10(2)23-17(19-9)20-14(21-23)15-22-24(11(3)25)16(26-15)12-5-4-6-13(18)8-12/h4-8,16H,1-3H3/t16-/m0/s1. The van der Waals surface area contributed by atoms with Crippen LogP contribution in [0.25, 0.3) is 5.78 Å². The molecule has 0 N–H and O–H groups in total. The summed E-state index contributed by atoms with van der Waals surface area (Å²) in [5.74, 6) is 0.609. The van der Waals surface area contributed by atoms with Gasteiger partial charge >= 0.3 is 0 Å². The monoisotopic (exact) mass is 370 g/mol. The first-order chi connectivity index (χ1) is 12.4. The van der Waals surface area contributed by atoms with E-state index in [0.29, 0.717) is 16.4 Å². The summed E-state index contributed by atoms with van der Waals surface area (Å²) >= 11 is 6.06. The lowest BCUT2D eigenvalue weighted by Gasteiger charge is -2.19. The normalized spacial score (nSPS) is 16.7. The van der Waals surface area contributed by atoms with Crippen molar-refractivity contribution in [3.05, 3.63) is 58.1 Å². The number of halogens is 1. The van der Waals surface area contributed by atoms with Gasteiger partial charge in [0, 0.05) is 28.9 Å². The summed E-state index contributed by atoms with van der Waals surface area (Å²) < 4.78 is 7.50. The van der Waals surface area contributed by atoms with Gasteiger partial charge in [0.2, 0.25) is 18.0 Å². The maximum Gasteiger partial charge on any atom is 0.281 e. The number of nitrogens with zero attached hydrogens (tertiary/aromatic N) is 6. The molecule has 9 heteroatoms. The van der Waals surface area contributed by atoms with Crippen LogP contribution in [0.15, 0.2) is 35.4 Å². The van der Waals surface area contributed by atoms with Crippen molar-refractivity contribution >= 4 is 29.2 Å². The Morgan fingerprint density at radius 1 is 1.23 bits per heavy atom. The van der Waals surface area contributed by atoms with Gasteiger partial charge in [0.05, 0.1) is 0 Å². The third-order valence-corrected chi connectivity index (χ3v) is 4.15. The zero-order valence-corrected chi connectivity index (χ0v) is 15.1. The van der Waals surface area contributed by atoms with Gasteiger partial charge < -0.3 is 4.74 Å². The fraction of sp³-hybridized carbons (Fsp3) is 0.235. The molecular weight excluding hydrogens is 356 g/mol. The highest BCUT2D eigenvalue weighted by Crippen LogP contribution is 2.30. The molecule has 1 amide bonds. The molecule has 0 saturated carbocycles. The van der Waals surface area contributed by atoms with Gasteiger partial charge in [0.15, 0.2) is 0 Å². The highest BCUT2D eigenvalue weighted by molar-refractivity contribution is 6.30. The molecule has 0 bridgehead atoms. The molecule has 3 heterocycles. The number of hydrazone groups is 1. The van der Waals surface area contributed by atoms with Gasteiger partial charge in [-0.05, 0) is 32.0 Å². The van der Waals surface area contributed by atoms with Crippen LogP contribution in [0.1, 0.15) is 35.9 Å². The van der Waals surface area contributed by atoms with Crippen LogP contribution in [-0.2, 0) is 9.53 Å². The fourth-order valence-electron chi connectivity index (χ4n) is 2.79. The summed E-state index contributed by atoms with van der Waals surface area (Å²) in [6, 6.07) is 8.99. The third kappa shape index (κ3) is 2.78. The molecular formula is C17H15ClN6O2. The van der Waals surface area contributed by atoms with E-state index in [4.69, 9.17) is 16.3 Å². The molecule has 0 radical (unpaired) electrons. The van der Waals surface area contributed by atoms with Gasteiger partial charge in [-0.25, -0.2) is 9.50 Å². The number of carbonyl (C=O) groups is 1. The van der Waals surface area contributed by atoms with Crippen LogP contribution in [0.2, 0.25) is 5.02 Å². The molecule has 0 saturated heterocycles. The summed E-state index contributed by atoms with van der Waals surface area (Å²) in [6.45, 7) is 5.21. The molecule has 2 aromatic heterocycles. The lowest BCUT2D eigenvalue weighted by molar-refractivity contribution is -0.135. The molecule has 1 aliphatic heterocycles. The van der Waals surface area contributed by atoms with Crippen LogP contribution in [0.3, 0.4) is 0 Å². The zero-order valence-electron chi connectivity index (χ0n) is 14.3. The molecule has 132 valence electrons. The highest BCUT2D eigenvalue weighted by atomic mass is 35.5. The van der Waals surface area contributed by atoms with Crippen molar-refractivity contribution in [3.8, 4) is 0 Å². The van der Waals surface area contributed by atoms with Crippen LogP contribution in [0.5, 0.6) is 0 Å². The zero-order chi connectivity index (χ0) is 18.4. The number of amides is 1. The van der Waals surface area contributed by atoms with E-state index in [2.05, 4.69) is 20.2 Å². The van der Waals surface area contributed by atoms with Gasteiger partial charge in [-0.2, -0.15) is 9.99 Å². The van der Waals surface area contributed by atoms with E-state index in [0.717, 1.165) is 11.4 Å². The molecule has 1 atom stereocenters. The molecule has 0 unspecified atom stereocenters. The van der Waals surface area contributed by atoms with Crippen molar-refractivity contribution in [1.82, 2.24) is 24.6 Å². The topological polar surface area (TPSA) is 85.0 Å². The van der Waals surface area contributed by atoms with Crippen LogP contribution >= 0.6 is 11.6 Å². The fourth-order valence-corrected chi connectivity index (χ4v) is 2.99. The average Bonchev–Trinajstić information content (AvgIpc) is 3.18. The largest absolute Gasteiger partial charge is 0.443 e. The Morgan fingerprint density at radius 3 is 2.77 bits per heavy atom. The van der Waals surface area contributed by atoms with Crippen molar-refractivity contribution in [2.24, 2.45) is 5.10 Å². The maximum atomic E-state index is 12.0. The number of aromatic nitrogens is 4. The molecule has 0 fully saturated rings. The second kappa shape index (κ2) is 6.06. The van der Waals surface area contributed by atoms with Gasteiger partial charge in [-0.3, -0.25) is 4.79 Å². The van der Waals surface area contributed by atoms with Crippen molar-refractivity contribution in [1.29, 1.82) is 0 Å². The number of hydrogen-bond donors (Lipinski definition) is 0. The summed E-state index contributed by atoms with van der Waals surface area (Å²) in [6.07, 6.45) is -0.719.